The topological polar surface area (TPSA) is 52.7 Å². The summed E-state index contributed by atoms with van der Waals surface area (Å²) in [6.07, 6.45) is 6.01. The molecule has 2 amide bonds. The van der Waals surface area contributed by atoms with Gasteiger partial charge in [-0.3, -0.25) is 9.59 Å². The van der Waals surface area contributed by atoms with Crippen molar-refractivity contribution in [1.29, 1.82) is 0 Å². The van der Waals surface area contributed by atoms with E-state index in [0.29, 0.717) is 25.9 Å². The molecule has 26 heavy (non-hydrogen) atoms. The van der Waals surface area contributed by atoms with Crippen LogP contribution in [0, 0.1) is 6.92 Å². The highest BCUT2D eigenvalue weighted by atomic mass is 16.2. The number of carbonyl (C=O) groups excluding carboxylic acids is 2. The van der Waals surface area contributed by atoms with E-state index in [9.17, 15) is 9.59 Å². The summed E-state index contributed by atoms with van der Waals surface area (Å²) >= 11 is 0. The minimum atomic E-state index is -0.321. The van der Waals surface area contributed by atoms with Crippen LogP contribution < -0.4 is 5.32 Å². The lowest BCUT2D eigenvalue weighted by atomic mass is 10.1. The second kappa shape index (κ2) is 9.17. The number of aryl methyl sites for hydroxylation is 1. The van der Waals surface area contributed by atoms with Crippen molar-refractivity contribution in [2.45, 2.75) is 58.0 Å². The van der Waals surface area contributed by atoms with Crippen molar-refractivity contribution in [3.63, 3.8) is 0 Å². The molecular formula is C21H31N3O2. The van der Waals surface area contributed by atoms with Gasteiger partial charge in [-0.15, -0.1) is 0 Å². The van der Waals surface area contributed by atoms with Crippen molar-refractivity contribution >= 4 is 11.8 Å². The van der Waals surface area contributed by atoms with Crippen molar-refractivity contribution < 1.29 is 9.59 Å². The van der Waals surface area contributed by atoms with E-state index in [4.69, 9.17) is 0 Å². The fourth-order valence-corrected chi connectivity index (χ4v) is 3.91. The Morgan fingerprint density at radius 1 is 1.15 bits per heavy atom. The molecule has 1 aromatic carbocycles. The smallest absolute Gasteiger partial charge is 0.242 e. The summed E-state index contributed by atoms with van der Waals surface area (Å²) < 4.78 is 0. The van der Waals surface area contributed by atoms with Gasteiger partial charge in [-0.25, -0.2) is 0 Å². The molecule has 0 bridgehead atoms. The molecule has 142 valence electrons. The lowest BCUT2D eigenvalue weighted by molar-refractivity contribution is -0.135. The molecule has 2 heterocycles. The fraction of sp³-hybridized carbons (Fsp3) is 0.619. The van der Waals surface area contributed by atoms with Crippen LogP contribution in [0.1, 0.15) is 49.7 Å². The van der Waals surface area contributed by atoms with E-state index in [2.05, 4.69) is 10.2 Å². The van der Waals surface area contributed by atoms with Gasteiger partial charge in [-0.1, -0.05) is 36.2 Å². The second-order valence-corrected chi connectivity index (χ2v) is 7.61. The van der Waals surface area contributed by atoms with Crippen LogP contribution in [-0.4, -0.2) is 53.8 Å². The van der Waals surface area contributed by atoms with Gasteiger partial charge >= 0.3 is 0 Å². The van der Waals surface area contributed by atoms with E-state index in [1.807, 2.05) is 31.2 Å². The van der Waals surface area contributed by atoms with E-state index in [1.54, 1.807) is 4.90 Å². The Morgan fingerprint density at radius 2 is 1.88 bits per heavy atom. The molecule has 0 aliphatic carbocycles. The Kier molecular flexibility index (Phi) is 6.67. The van der Waals surface area contributed by atoms with E-state index in [0.717, 1.165) is 18.5 Å². The molecule has 0 spiro atoms. The number of likely N-dealkylation sites (tertiary alicyclic amines) is 2. The molecule has 2 fully saturated rings. The lowest BCUT2D eigenvalue weighted by Gasteiger charge is -2.27. The second-order valence-electron chi connectivity index (χ2n) is 7.61. The highest BCUT2D eigenvalue weighted by molar-refractivity contribution is 5.90. The first-order valence-corrected chi connectivity index (χ1v) is 9.98. The van der Waals surface area contributed by atoms with Crippen LogP contribution in [-0.2, 0) is 16.1 Å². The first-order chi connectivity index (χ1) is 12.6. The molecule has 2 aliphatic heterocycles. The molecule has 5 heteroatoms. The maximum absolute atomic E-state index is 12.6. The van der Waals surface area contributed by atoms with Crippen LogP contribution in [0.15, 0.2) is 24.3 Å². The van der Waals surface area contributed by atoms with Gasteiger partial charge in [0.05, 0.1) is 0 Å². The van der Waals surface area contributed by atoms with E-state index in [-0.39, 0.29) is 17.9 Å². The highest BCUT2D eigenvalue weighted by Gasteiger charge is 2.35. The van der Waals surface area contributed by atoms with Gasteiger partial charge in [0.15, 0.2) is 0 Å². The molecule has 5 nitrogen and oxygen atoms in total. The minimum Gasteiger partial charge on any atom is -0.354 e. The number of nitrogens with one attached hydrogen (secondary N) is 1. The third-order valence-electron chi connectivity index (χ3n) is 5.50. The zero-order chi connectivity index (χ0) is 18.4. The number of carbonyl (C=O) groups is 2. The SMILES string of the molecule is Cc1ccc(CN2C(=O)CCC2C(=O)NCCCN2CCCCC2)cc1. The number of hydrogen-bond donors (Lipinski definition) is 1. The molecule has 1 unspecified atom stereocenters. The van der Waals surface area contributed by atoms with Crippen LogP contribution >= 0.6 is 0 Å². The van der Waals surface area contributed by atoms with Gasteiger partial charge in [0.2, 0.25) is 11.8 Å². The number of piperidine rings is 1. The molecular weight excluding hydrogens is 326 g/mol. The lowest BCUT2D eigenvalue weighted by Crippen LogP contribution is -2.45. The monoisotopic (exact) mass is 357 g/mol. The van der Waals surface area contributed by atoms with Gasteiger partial charge in [-0.05, 0) is 57.8 Å². The van der Waals surface area contributed by atoms with Gasteiger partial charge < -0.3 is 15.1 Å². The summed E-state index contributed by atoms with van der Waals surface area (Å²) in [5, 5.41) is 3.05. The van der Waals surface area contributed by atoms with Gasteiger partial charge in [0, 0.05) is 19.5 Å². The molecule has 1 atom stereocenters. The summed E-state index contributed by atoms with van der Waals surface area (Å²) in [5.74, 6) is 0.0839. The van der Waals surface area contributed by atoms with Crippen LogP contribution in [0.3, 0.4) is 0 Å². The standard InChI is InChI=1S/C21H31N3O2/c1-17-6-8-18(9-7-17)16-24-19(10-11-20(24)25)21(26)22-12-5-15-23-13-3-2-4-14-23/h6-9,19H,2-5,10-16H2,1H3,(H,22,26). The molecule has 0 saturated carbocycles. The number of amides is 2. The molecule has 3 rings (SSSR count). The van der Waals surface area contributed by atoms with Gasteiger partial charge in [0.25, 0.3) is 0 Å². The Balaban J connectivity index is 1.45. The number of nitrogens with zero attached hydrogens (tertiary/aromatic N) is 2. The van der Waals surface area contributed by atoms with E-state index >= 15 is 0 Å². The Bertz CT molecular complexity index is 608. The first kappa shape index (κ1) is 18.9. The van der Waals surface area contributed by atoms with Crippen molar-refractivity contribution in [3.05, 3.63) is 35.4 Å². The summed E-state index contributed by atoms with van der Waals surface area (Å²) in [4.78, 5) is 29.0. The zero-order valence-electron chi connectivity index (χ0n) is 15.9. The van der Waals surface area contributed by atoms with E-state index in [1.165, 1.54) is 37.9 Å². The first-order valence-electron chi connectivity index (χ1n) is 9.98. The van der Waals surface area contributed by atoms with Crippen molar-refractivity contribution in [2.75, 3.05) is 26.2 Å². The molecule has 2 saturated heterocycles. The summed E-state index contributed by atoms with van der Waals surface area (Å²) in [6, 6.07) is 7.85. The molecule has 1 aromatic rings. The van der Waals surface area contributed by atoms with Crippen molar-refractivity contribution in [2.24, 2.45) is 0 Å². The predicted molar refractivity (Wildman–Crippen MR) is 103 cm³/mol. The minimum absolute atomic E-state index is 0.00149. The largest absolute Gasteiger partial charge is 0.354 e. The zero-order valence-corrected chi connectivity index (χ0v) is 15.9. The average Bonchev–Trinajstić information content (AvgIpc) is 3.02. The van der Waals surface area contributed by atoms with E-state index < -0.39 is 0 Å². The number of benzene rings is 1. The highest BCUT2D eigenvalue weighted by Crippen LogP contribution is 2.22. The van der Waals surface area contributed by atoms with Crippen LogP contribution in [0.5, 0.6) is 0 Å². The average molecular weight is 357 g/mol. The number of hydrogen-bond acceptors (Lipinski definition) is 3. The fourth-order valence-electron chi connectivity index (χ4n) is 3.91. The molecule has 0 radical (unpaired) electrons. The third-order valence-corrected chi connectivity index (χ3v) is 5.50. The van der Waals surface area contributed by atoms with Gasteiger partial charge in [0.1, 0.15) is 6.04 Å². The van der Waals surface area contributed by atoms with Crippen LogP contribution in [0.2, 0.25) is 0 Å². The third kappa shape index (κ3) is 5.07. The number of rotatable bonds is 7. The van der Waals surface area contributed by atoms with Gasteiger partial charge in [-0.2, -0.15) is 0 Å². The maximum atomic E-state index is 12.6. The van der Waals surface area contributed by atoms with Crippen molar-refractivity contribution in [3.8, 4) is 0 Å². The van der Waals surface area contributed by atoms with Crippen LogP contribution in [0.25, 0.3) is 0 Å². The predicted octanol–water partition coefficient (Wildman–Crippen LogP) is 2.48. The Morgan fingerprint density at radius 3 is 2.62 bits per heavy atom. The normalized spacial score (nSPS) is 21.2. The molecule has 1 N–H and O–H groups in total. The summed E-state index contributed by atoms with van der Waals surface area (Å²) in [6.45, 7) is 6.69. The summed E-state index contributed by atoms with van der Waals surface area (Å²) in [5.41, 5.74) is 2.28. The molecule has 2 aliphatic rings. The Labute approximate surface area is 156 Å². The Hall–Kier alpha value is -1.88. The summed E-state index contributed by atoms with van der Waals surface area (Å²) in [7, 11) is 0. The quantitative estimate of drug-likeness (QED) is 0.763. The molecule has 0 aromatic heterocycles. The van der Waals surface area contributed by atoms with Crippen molar-refractivity contribution in [1.82, 2.24) is 15.1 Å². The maximum Gasteiger partial charge on any atom is 0.242 e. The van der Waals surface area contributed by atoms with Crippen LogP contribution in [0.4, 0.5) is 0 Å².